The SMILES string of the molecule is CCNC(=NCC(C)(O)CN1CCOCC1)NCCN1C(=O)CNC1=O. The van der Waals surface area contributed by atoms with Crippen molar-refractivity contribution >= 4 is 17.9 Å². The molecule has 0 radical (unpaired) electrons. The third kappa shape index (κ3) is 6.43. The number of hydrogen-bond acceptors (Lipinski definition) is 6. The number of aliphatic hydroxyl groups is 1. The minimum atomic E-state index is -0.954. The minimum Gasteiger partial charge on any atom is -0.387 e. The molecule has 0 aromatic heterocycles. The number of ether oxygens (including phenoxy) is 1. The summed E-state index contributed by atoms with van der Waals surface area (Å²) in [5.41, 5.74) is -0.954. The summed E-state index contributed by atoms with van der Waals surface area (Å²) in [6, 6.07) is -0.368. The molecule has 1 atom stereocenters. The zero-order chi connectivity index (χ0) is 19.0. The van der Waals surface area contributed by atoms with Crippen molar-refractivity contribution in [2.24, 2.45) is 4.99 Å². The predicted molar refractivity (Wildman–Crippen MR) is 97.0 cm³/mol. The molecule has 2 saturated heterocycles. The Morgan fingerprint density at radius 1 is 1.35 bits per heavy atom. The number of imide groups is 1. The first-order chi connectivity index (χ1) is 12.4. The molecule has 10 heteroatoms. The van der Waals surface area contributed by atoms with E-state index in [9.17, 15) is 14.7 Å². The molecule has 2 fully saturated rings. The second-order valence-electron chi connectivity index (χ2n) is 6.71. The third-order valence-corrected chi connectivity index (χ3v) is 4.15. The molecular weight excluding hydrogens is 340 g/mol. The van der Waals surface area contributed by atoms with E-state index >= 15 is 0 Å². The van der Waals surface area contributed by atoms with Gasteiger partial charge >= 0.3 is 6.03 Å². The van der Waals surface area contributed by atoms with E-state index in [0.717, 1.165) is 13.1 Å². The molecule has 0 bridgehead atoms. The molecule has 1 unspecified atom stereocenters. The van der Waals surface area contributed by atoms with Crippen LogP contribution in [0.2, 0.25) is 0 Å². The molecule has 4 N–H and O–H groups in total. The summed E-state index contributed by atoms with van der Waals surface area (Å²) in [5, 5.41) is 19.3. The lowest BCUT2D eigenvalue weighted by atomic mass is 10.1. The predicted octanol–water partition coefficient (Wildman–Crippen LogP) is -1.82. The Morgan fingerprint density at radius 2 is 2.08 bits per heavy atom. The molecule has 0 saturated carbocycles. The van der Waals surface area contributed by atoms with Gasteiger partial charge in [0, 0.05) is 39.3 Å². The second kappa shape index (κ2) is 9.70. The first-order valence-electron chi connectivity index (χ1n) is 9.04. The van der Waals surface area contributed by atoms with Gasteiger partial charge in [0.05, 0.1) is 31.9 Å². The standard InChI is InChI=1S/C16H30N6O4/c1-3-17-14(18-4-5-22-13(23)10-19-15(22)24)20-11-16(2,25)12-21-6-8-26-9-7-21/h25H,3-12H2,1-2H3,(H,19,24)(H2,17,18,20). The Bertz CT molecular complexity index is 503. The Morgan fingerprint density at radius 3 is 2.69 bits per heavy atom. The Hall–Kier alpha value is -1.91. The van der Waals surface area contributed by atoms with Crippen LogP contribution in [0.15, 0.2) is 4.99 Å². The monoisotopic (exact) mass is 370 g/mol. The molecule has 0 aliphatic carbocycles. The number of urea groups is 1. The molecule has 26 heavy (non-hydrogen) atoms. The third-order valence-electron chi connectivity index (χ3n) is 4.15. The molecule has 3 amide bonds. The molecule has 0 aromatic carbocycles. The molecule has 2 heterocycles. The summed E-state index contributed by atoms with van der Waals surface area (Å²) in [5.74, 6) is 0.314. The fourth-order valence-corrected chi connectivity index (χ4v) is 2.85. The Kier molecular flexibility index (Phi) is 7.61. The fraction of sp³-hybridized carbons (Fsp3) is 0.812. The van der Waals surface area contributed by atoms with E-state index in [1.165, 1.54) is 4.90 Å². The summed E-state index contributed by atoms with van der Waals surface area (Å²) in [7, 11) is 0. The molecular formula is C16H30N6O4. The van der Waals surface area contributed by atoms with Gasteiger partial charge in [0.25, 0.3) is 0 Å². The molecule has 2 aliphatic rings. The maximum absolute atomic E-state index is 11.6. The number of aliphatic imine (C=N–C) groups is 1. The molecule has 2 rings (SSSR count). The first kappa shape index (κ1) is 20.4. The normalized spacial score (nSPS) is 21.5. The lowest BCUT2D eigenvalue weighted by molar-refractivity contribution is -0.124. The van der Waals surface area contributed by atoms with Gasteiger partial charge in [0.1, 0.15) is 0 Å². The van der Waals surface area contributed by atoms with E-state index in [1.54, 1.807) is 6.92 Å². The van der Waals surface area contributed by atoms with E-state index in [2.05, 4.69) is 25.8 Å². The van der Waals surface area contributed by atoms with Crippen LogP contribution in [0.5, 0.6) is 0 Å². The van der Waals surface area contributed by atoms with Crippen LogP contribution in [0.25, 0.3) is 0 Å². The van der Waals surface area contributed by atoms with Crippen molar-refractivity contribution in [1.29, 1.82) is 0 Å². The highest BCUT2D eigenvalue weighted by Gasteiger charge is 2.28. The van der Waals surface area contributed by atoms with Crippen LogP contribution in [0.4, 0.5) is 4.79 Å². The van der Waals surface area contributed by atoms with E-state index < -0.39 is 5.60 Å². The van der Waals surface area contributed by atoms with Gasteiger partial charge in [0.15, 0.2) is 5.96 Å². The maximum Gasteiger partial charge on any atom is 0.324 e. The zero-order valence-electron chi connectivity index (χ0n) is 15.6. The van der Waals surface area contributed by atoms with Gasteiger partial charge in [-0.05, 0) is 13.8 Å². The second-order valence-corrected chi connectivity index (χ2v) is 6.71. The molecule has 0 aromatic rings. The van der Waals surface area contributed by atoms with Gasteiger partial charge in [0.2, 0.25) is 5.91 Å². The average molecular weight is 370 g/mol. The maximum atomic E-state index is 11.6. The summed E-state index contributed by atoms with van der Waals surface area (Å²) >= 11 is 0. The van der Waals surface area contributed by atoms with Crippen molar-refractivity contribution in [2.45, 2.75) is 19.4 Å². The number of amides is 3. The number of carbonyl (C=O) groups is 2. The number of morpholine rings is 1. The largest absolute Gasteiger partial charge is 0.387 e. The molecule has 148 valence electrons. The summed E-state index contributed by atoms with van der Waals surface area (Å²) in [6.07, 6.45) is 0. The van der Waals surface area contributed by atoms with Crippen LogP contribution in [-0.4, -0.2) is 104 Å². The van der Waals surface area contributed by atoms with E-state index in [-0.39, 0.29) is 31.6 Å². The van der Waals surface area contributed by atoms with Crippen molar-refractivity contribution in [3.05, 3.63) is 0 Å². The van der Waals surface area contributed by atoms with Gasteiger partial charge in [-0.1, -0.05) is 0 Å². The lowest BCUT2D eigenvalue weighted by Gasteiger charge is -2.33. The van der Waals surface area contributed by atoms with Gasteiger partial charge in [-0.2, -0.15) is 0 Å². The van der Waals surface area contributed by atoms with E-state index in [0.29, 0.717) is 38.8 Å². The van der Waals surface area contributed by atoms with Crippen LogP contribution in [0.3, 0.4) is 0 Å². The van der Waals surface area contributed by atoms with E-state index in [4.69, 9.17) is 4.74 Å². The van der Waals surface area contributed by atoms with Crippen molar-refractivity contribution < 1.29 is 19.4 Å². The number of carbonyl (C=O) groups excluding carboxylic acids is 2. The van der Waals surface area contributed by atoms with E-state index in [1.807, 2.05) is 6.92 Å². The van der Waals surface area contributed by atoms with Gasteiger partial charge in [-0.15, -0.1) is 0 Å². The number of rotatable bonds is 8. The van der Waals surface area contributed by atoms with Crippen LogP contribution < -0.4 is 16.0 Å². The van der Waals surface area contributed by atoms with Crippen molar-refractivity contribution in [2.75, 3.05) is 65.6 Å². The fourth-order valence-electron chi connectivity index (χ4n) is 2.85. The zero-order valence-corrected chi connectivity index (χ0v) is 15.6. The van der Waals surface area contributed by atoms with Crippen LogP contribution >= 0.6 is 0 Å². The highest BCUT2D eigenvalue weighted by Crippen LogP contribution is 2.09. The number of guanidine groups is 1. The minimum absolute atomic E-state index is 0.0530. The number of β-amino-alcohol motifs (C(OH)–C–C–N with tert-alkyl or cyclic N) is 1. The van der Waals surface area contributed by atoms with Crippen LogP contribution in [-0.2, 0) is 9.53 Å². The Balaban J connectivity index is 1.80. The first-order valence-corrected chi connectivity index (χ1v) is 9.04. The van der Waals surface area contributed by atoms with Crippen LogP contribution in [0.1, 0.15) is 13.8 Å². The highest BCUT2D eigenvalue weighted by atomic mass is 16.5. The summed E-state index contributed by atoms with van der Waals surface area (Å²) in [4.78, 5) is 30.8. The van der Waals surface area contributed by atoms with Gasteiger partial charge < -0.3 is 25.8 Å². The number of nitrogens with one attached hydrogen (secondary N) is 3. The van der Waals surface area contributed by atoms with Gasteiger partial charge in [-0.25, -0.2) is 4.79 Å². The molecule has 2 aliphatic heterocycles. The van der Waals surface area contributed by atoms with Gasteiger partial charge in [-0.3, -0.25) is 19.6 Å². The number of hydrogen-bond donors (Lipinski definition) is 4. The molecule has 10 nitrogen and oxygen atoms in total. The lowest BCUT2D eigenvalue weighted by Crippen LogP contribution is -2.48. The highest BCUT2D eigenvalue weighted by molar-refractivity contribution is 6.01. The Labute approximate surface area is 153 Å². The topological polar surface area (TPSA) is 119 Å². The van der Waals surface area contributed by atoms with Crippen molar-refractivity contribution in [3.8, 4) is 0 Å². The summed E-state index contributed by atoms with van der Waals surface area (Å²) < 4.78 is 5.32. The average Bonchev–Trinajstić information content (AvgIpc) is 2.92. The van der Waals surface area contributed by atoms with Crippen molar-refractivity contribution in [3.63, 3.8) is 0 Å². The molecule has 0 spiro atoms. The van der Waals surface area contributed by atoms with Crippen LogP contribution in [0, 0.1) is 0 Å². The number of nitrogens with zero attached hydrogens (tertiary/aromatic N) is 3. The quantitative estimate of drug-likeness (QED) is 0.226. The van der Waals surface area contributed by atoms with Crippen molar-refractivity contribution in [1.82, 2.24) is 25.8 Å². The summed E-state index contributed by atoms with van der Waals surface area (Å²) in [6.45, 7) is 8.84. The smallest absolute Gasteiger partial charge is 0.324 e.